The van der Waals surface area contributed by atoms with Gasteiger partial charge in [0.05, 0.1) is 12.7 Å². The highest BCUT2D eigenvalue weighted by Gasteiger charge is 2.37. The molecule has 1 aromatic heterocycles. The smallest absolute Gasteiger partial charge is 0.316 e. The Balaban J connectivity index is 2.37. The maximum absolute atomic E-state index is 13.1. The van der Waals surface area contributed by atoms with Gasteiger partial charge in [-0.15, -0.1) is 0 Å². The van der Waals surface area contributed by atoms with Crippen LogP contribution in [-0.4, -0.2) is 16.8 Å². The number of benzene rings is 1. The summed E-state index contributed by atoms with van der Waals surface area (Å²) >= 11 is 3.30. The fraction of sp³-hybridized carbons (Fsp3) is 0.308. The van der Waals surface area contributed by atoms with Gasteiger partial charge in [-0.2, -0.15) is 18.3 Å². The van der Waals surface area contributed by atoms with Crippen molar-refractivity contribution in [1.82, 2.24) is 15.1 Å². The molecule has 0 saturated heterocycles. The summed E-state index contributed by atoms with van der Waals surface area (Å²) in [6.45, 7) is 0.214. The number of nitrogens with zero attached hydrogens (tertiary/aromatic N) is 2. The highest BCUT2D eigenvalue weighted by Crippen LogP contribution is 2.32. The minimum atomic E-state index is -4.42. The molecule has 2 aromatic rings. The van der Waals surface area contributed by atoms with Crippen LogP contribution in [0.4, 0.5) is 13.2 Å². The largest absolute Gasteiger partial charge is 0.433 e. The monoisotopic (exact) mass is 347 g/mol. The van der Waals surface area contributed by atoms with Crippen LogP contribution in [0.5, 0.6) is 0 Å². The molecule has 20 heavy (non-hydrogen) atoms. The lowest BCUT2D eigenvalue weighted by atomic mass is 10.2. The van der Waals surface area contributed by atoms with Crippen molar-refractivity contribution in [2.45, 2.75) is 19.3 Å². The number of hydrogen-bond donors (Lipinski definition) is 1. The van der Waals surface area contributed by atoms with Crippen LogP contribution in [0.15, 0.2) is 34.9 Å². The van der Waals surface area contributed by atoms with Crippen LogP contribution in [0.3, 0.4) is 0 Å². The molecule has 1 aromatic carbocycles. The van der Waals surface area contributed by atoms with Gasteiger partial charge in [0.2, 0.25) is 0 Å². The Morgan fingerprint density at radius 1 is 1.35 bits per heavy atom. The predicted molar refractivity (Wildman–Crippen MR) is 73.2 cm³/mol. The van der Waals surface area contributed by atoms with Gasteiger partial charge >= 0.3 is 6.18 Å². The summed E-state index contributed by atoms with van der Waals surface area (Å²) in [6, 6.07) is 7.15. The third-order valence-electron chi connectivity index (χ3n) is 2.77. The van der Waals surface area contributed by atoms with Crippen molar-refractivity contribution < 1.29 is 13.2 Å². The third kappa shape index (κ3) is 3.40. The molecule has 0 aliphatic heterocycles. The molecule has 0 aliphatic carbocycles. The van der Waals surface area contributed by atoms with E-state index < -0.39 is 11.9 Å². The number of halogens is 4. The molecule has 0 radical (unpaired) electrons. The molecule has 0 saturated carbocycles. The third-order valence-corrected chi connectivity index (χ3v) is 3.27. The number of aromatic nitrogens is 2. The van der Waals surface area contributed by atoms with Gasteiger partial charge < -0.3 is 5.32 Å². The first-order valence-corrected chi connectivity index (χ1v) is 6.72. The van der Waals surface area contributed by atoms with Gasteiger partial charge in [-0.3, -0.25) is 4.68 Å². The van der Waals surface area contributed by atoms with Gasteiger partial charge in [-0.1, -0.05) is 28.1 Å². The number of nitrogens with one attached hydrogen (secondary N) is 1. The van der Waals surface area contributed by atoms with E-state index in [2.05, 4.69) is 26.3 Å². The second-order valence-corrected chi connectivity index (χ2v) is 5.25. The van der Waals surface area contributed by atoms with Crippen molar-refractivity contribution in [3.05, 3.63) is 51.8 Å². The average Bonchev–Trinajstić information content (AvgIpc) is 2.72. The minimum Gasteiger partial charge on any atom is -0.316 e. The molecular weight excluding hydrogens is 335 g/mol. The maximum atomic E-state index is 13.1. The normalized spacial score (nSPS) is 11.8. The van der Waals surface area contributed by atoms with Crippen molar-refractivity contribution in [2.75, 3.05) is 7.05 Å². The summed E-state index contributed by atoms with van der Waals surface area (Å²) in [6.07, 6.45) is -3.16. The summed E-state index contributed by atoms with van der Waals surface area (Å²) < 4.78 is 41.3. The zero-order valence-electron chi connectivity index (χ0n) is 10.7. The van der Waals surface area contributed by atoms with E-state index in [-0.39, 0.29) is 18.7 Å². The molecule has 108 valence electrons. The summed E-state index contributed by atoms with van der Waals surface area (Å²) in [5, 5.41) is 6.59. The first-order valence-electron chi connectivity index (χ1n) is 5.92. The number of alkyl halides is 3. The molecule has 2 rings (SSSR count). The molecule has 0 spiro atoms. The van der Waals surface area contributed by atoms with E-state index >= 15 is 0 Å². The summed E-state index contributed by atoms with van der Waals surface area (Å²) in [4.78, 5) is 0. The topological polar surface area (TPSA) is 29.9 Å². The lowest BCUT2D eigenvalue weighted by Gasteiger charge is -2.13. The summed E-state index contributed by atoms with van der Waals surface area (Å²) in [5.41, 5.74) is 0.200. The average molecular weight is 348 g/mol. The Labute approximate surface area is 122 Å². The van der Waals surface area contributed by atoms with Crippen molar-refractivity contribution in [3.63, 3.8) is 0 Å². The highest BCUT2D eigenvalue weighted by atomic mass is 79.9. The molecule has 0 aliphatic rings. The second kappa shape index (κ2) is 5.97. The predicted octanol–water partition coefficient (Wildman–Crippen LogP) is 3.43. The molecule has 0 fully saturated rings. The van der Waals surface area contributed by atoms with Crippen molar-refractivity contribution in [3.8, 4) is 0 Å². The van der Waals surface area contributed by atoms with Crippen LogP contribution in [0.1, 0.15) is 16.8 Å². The number of rotatable bonds is 4. The SMILES string of the molecule is CNCc1cnn(Cc2cccc(Br)c2)c1C(F)(F)F. The van der Waals surface area contributed by atoms with Crippen molar-refractivity contribution in [2.24, 2.45) is 0 Å². The Morgan fingerprint density at radius 2 is 2.10 bits per heavy atom. The van der Waals surface area contributed by atoms with E-state index in [1.807, 2.05) is 6.07 Å². The first kappa shape index (κ1) is 15.1. The lowest BCUT2D eigenvalue weighted by Crippen LogP contribution is -2.19. The highest BCUT2D eigenvalue weighted by molar-refractivity contribution is 9.10. The zero-order valence-corrected chi connectivity index (χ0v) is 12.3. The van der Waals surface area contributed by atoms with E-state index in [0.29, 0.717) is 0 Å². The summed E-state index contributed by atoms with van der Waals surface area (Å²) in [7, 11) is 1.60. The van der Waals surface area contributed by atoms with E-state index in [0.717, 1.165) is 14.7 Å². The Bertz CT molecular complexity index is 593. The number of hydrogen-bond acceptors (Lipinski definition) is 2. The van der Waals surface area contributed by atoms with Crippen LogP contribution >= 0.6 is 15.9 Å². The van der Waals surface area contributed by atoms with E-state index in [1.54, 1.807) is 25.2 Å². The van der Waals surface area contributed by atoms with Gasteiger partial charge in [-0.05, 0) is 24.7 Å². The molecule has 0 bridgehead atoms. The van der Waals surface area contributed by atoms with Crippen molar-refractivity contribution >= 4 is 15.9 Å². The molecule has 1 N–H and O–H groups in total. The molecular formula is C13H13BrF3N3. The molecule has 1 heterocycles. The maximum Gasteiger partial charge on any atom is 0.433 e. The molecule has 0 atom stereocenters. The Hall–Kier alpha value is -1.34. The van der Waals surface area contributed by atoms with E-state index in [4.69, 9.17) is 0 Å². The standard InChI is InChI=1S/C13H13BrF3N3/c1-18-6-10-7-19-20(12(10)13(15,16)17)8-9-3-2-4-11(14)5-9/h2-5,7,18H,6,8H2,1H3. The summed E-state index contributed by atoms with van der Waals surface area (Å²) in [5.74, 6) is 0. The fourth-order valence-corrected chi connectivity index (χ4v) is 2.45. The molecule has 0 amide bonds. The van der Waals surface area contributed by atoms with E-state index in [1.165, 1.54) is 6.20 Å². The minimum absolute atomic E-state index is 0.0813. The van der Waals surface area contributed by atoms with Crippen LogP contribution in [0.25, 0.3) is 0 Å². The Morgan fingerprint density at radius 3 is 2.70 bits per heavy atom. The van der Waals surface area contributed by atoms with Gasteiger partial charge in [0, 0.05) is 16.6 Å². The Kier molecular flexibility index (Phi) is 4.49. The van der Waals surface area contributed by atoms with Crippen LogP contribution < -0.4 is 5.32 Å². The van der Waals surface area contributed by atoms with E-state index in [9.17, 15) is 13.2 Å². The van der Waals surface area contributed by atoms with Gasteiger partial charge in [-0.25, -0.2) is 0 Å². The molecule has 3 nitrogen and oxygen atoms in total. The van der Waals surface area contributed by atoms with Crippen LogP contribution in [-0.2, 0) is 19.3 Å². The second-order valence-electron chi connectivity index (χ2n) is 4.33. The van der Waals surface area contributed by atoms with Gasteiger partial charge in [0.15, 0.2) is 0 Å². The quantitative estimate of drug-likeness (QED) is 0.918. The zero-order chi connectivity index (χ0) is 14.8. The van der Waals surface area contributed by atoms with Crippen molar-refractivity contribution in [1.29, 1.82) is 0 Å². The van der Waals surface area contributed by atoms with Gasteiger partial charge in [0.1, 0.15) is 5.69 Å². The van der Waals surface area contributed by atoms with Gasteiger partial charge in [0.25, 0.3) is 0 Å². The fourth-order valence-electron chi connectivity index (χ4n) is 2.00. The van der Waals surface area contributed by atoms with Crippen LogP contribution in [0, 0.1) is 0 Å². The first-order chi connectivity index (χ1) is 9.41. The molecule has 7 heteroatoms. The van der Waals surface area contributed by atoms with Crippen LogP contribution in [0.2, 0.25) is 0 Å². The molecule has 0 unspecified atom stereocenters. The lowest BCUT2D eigenvalue weighted by molar-refractivity contribution is -0.144.